The van der Waals surface area contributed by atoms with Crippen LogP contribution in [0.4, 0.5) is 23.5 Å². The molecule has 0 aliphatic heterocycles. The molecule has 1 amide bonds. The average molecular weight is 482 g/mol. The maximum absolute atomic E-state index is 13.4. The fourth-order valence-electron chi connectivity index (χ4n) is 3.35. The summed E-state index contributed by atoms with van der Waals surface area (Å²) in [6.45, 7) is 1.34. The van der Waals surface area contributed by atoms with Crippen molar-refractivity contribution in [2.75, 3.05) is 5.32 Å². The lowest BCUT2D eigenvalue weighted by atomic mass is 10.1. The van der Waals surface area contributed by atoms with E-state index in [0.29, 0.717) is 17.6 Å². The van der Waals surface area contributed by atoms with Gasteiger partial charge in [-0.05, 0) is 30.7 Å². The van der Waals surface area contributed by atoms with Crippen molar-refractivity contribution >= 4 is 34.5 Å². The molecular weight excluding hydrogens is 466 g/mol. The third-order valence-electron chi connectivity index (χ3n) is 4.70. The van der Waals surface area contributed by atoms with E-state index in [0.717, 1.165) is 10.2 Å². The van der Waals surface area contributed by atoms with Crippen LogP contribution in [0, 0.1) is 6.92 Å². The molecule has 0 atom stereocenters. The average Bonchev–Trinajstić information content (AvgIpc) is 3.31. The van der Waals surface area contributed by atoms with Gasteiger partial charge in [-0.1, -0.05) is 23.7 Å². The van der Waals surface area contributed by atoms with Crippen molar-refractivity contribution in [3.8, 4) is 0 Å². The number of benzene rings is 1. The van der Waals surface area contributed by atoms with Crippen LogP contribution in [-0.2, 0) is 17.9 Å². The zero-order valence-corrected chi connectivity index (χ0v) is 17.8. The molecule has 0 saturated carbocycles. The van der Waals surface area contributed by atoms with Crippen molar-refractivity contribution in [3.05, 3.63) is 64.2 Å². The van der Waals surface area contributed by atoms with Crippen molar-refractivity contribution in [1.29, 1.82) is 0 Å². The monoisotopic (exact) mass is 481 g/mol. The Morgan fingerprint density at radius 2 is 1.94 bits per heavy atom. The third kappa shape index (κ3) is 4.95. The summed E-state index contributed by atoms with van der Waals surface area (Å²) in [7, 11) is 0. The van der Waals surface area contributed by atoms with Crippen LogP contribution in [0.5, 0.6) is 0 Å². The number of amides is 1. The minimum atomic E-state index is -3.06. The van der Waals surface area contributed by atoms with Gasteiger partial charge >= 0.3 is 0 Å². The lowest BCUT2D eigenvalue weighted by Gasteiger charge is -2.08. The molecule has 172 valence electrons. The first-order chi connectivity index (χ1) is 15.7. The normalized spacial score (nSPS) is 11.6. The lowest BCUT2D eigenvalue weighted by Crippen LogP contribution is -2.21. The molecule has 0 aliphatic rings. The highest BCUT2D eigenvalue weighted by Gasteiger charge is 2.24. The molecule has 0 bridgehead atoms. The van der Waals surface area contributed by atoms with Gasteiger partial charge in [0.1, 0.15) is 18.6 Å². The van der Waals surface area contributed by atoms with Gasteiger partial charge in [0.05, 0.1) is 17.6 Å². The van der Waals surface area contributed by atoms with Crippen molar-refractivity contribution in [2.45, 2.75) is 32.9 Å². The van der Waals surface area contributed by atoms with Crippen LogP contribution in [0.1, 0.15) is 35.4 Å². The van der Waals surface area contributed by atoms with E-state index in [4.69, 9.17) is 11.6 Å². The van der Waals surface area contributed by atoms with E-state index in [1.807, 2.05) is 6.07 Å². The van der Waals surface area contributed by atoms with E-state index < -0.39 is 36.6 Å². The number of hydrogen-bond acceptors (Lipinski definition) is 5. The number of carbonyl (C=O) groups is 1. The maximum Gasteiger partial charge on any atom is 0.280 e. The molecule has 0 aliphatic carbocycles. The number of nitrogens with zero attached hydrogens (tertiary/aromatic N) is 6. The Kier molecular flexibility index (Phi) is 6.27. The summed E-state index contributed by atoms with van der Waals surface area (Å²) in [5.74, 6) is -0.632. The second-order valence-corrected chi connectivity index (χ2v) is 7.56. The van der Waals surface area contributed by atoms with Crippen LogP contribution >= 0.6 is 11.6 Å². The molecule has 0 radical (unpaired) electrons. The Bertz CT molecular complexity index is 1320. The number of aryl methyl sites for hydroxylation is 1. The first-order valence-electron chi connectivity index (χ1n) is 9.59. The van der Waals surface area contributed by atoms with Crippen LogP contribution in [0.25, 0.3) is 11.0 Å². The van der Waals surface area contributed by atoms with Crippen molar-refractivity contribution in [2.24, 2.45) is 0 Å². The number of halogens is 5. The minimum absolute atomic E-state index is 0.00436. The summed E-state index contributed by atoms with van der Waals surface area (Å²) in [5, 5.41) is 11.2. The van der Waals surface area contributed by atoms with E-state index in [1.165, 1.54) is 17.9 Å². The number of nitrogens with one attached hydrogen (secondary N) is 1. The Morgan fingerprint density at radius 1 is 1.15 bits per heavy atom. The molecule has 13 heteroatoms. The van der Waals surface area contributed by atoms with Gasteiger partial charge in [0, 0.05) is 10.6 Å². The Balaban J connectivity index is 1.53. The Hall–Kier alpha value is -3.54. The van der Waals surface area contributed by atoms with Gasteiger partial charge in [0.15, 0.2) is 5.65 Å². The largest absolute Gasteiger partial charge is 0.292 e. The number of rotatable bonds is 7. The standard InChI is InChI=1S/C20H16ClF4N7O/c1-10-16-13(17(22)23)6-14(18(24)25)27-19(16)32(29-10)8-15(33)28-20-26-9-31(30-20)7-11-3-2-4-12(21)5-11/h2-6,9,17-18H,7-8H2,1H3,(H,28,30,33). The predicted octanol–water partition coefficient (Wildman–Crippen LogP) is 4.55. The second kappa shape index (κ2) is 9.14. The number of fused-ring (bicyclic) bond motifs is 1. The van der Waals surface area contributed by atoms with E-state index >= 15 is 0 Å². The smallest absolute Gasteiger partial charge is 0.280 e. The van der Waals surface area contributed by atoms with Crippen molar-refractivity contribution < 1.29 is 22.4 Å². The van der Waals surface area contributed by atoms with Crippen LogP contribution in [0.3, 0.4) is 0 Å². The summed E-state index contributed by atoms with van der Waals surface area (Å²) in [5.41, 5.74) is -0.637. The highest BCUT2D eigenvalue weighted by Crippen LogP contribution is 2.32. The molecule has 4 aromatic rings. The summed E-state index contributed by atoms with van der Waals surface area (Å²) in [6, 6.07) is 7.81. The maximum atomic E-state index is 13.4. The highest BCUT2D eigenvalue weighted by atomic mass is 35.5. The Labute approximate surface area is 189 Å². The van der Waals surface area contributed by atoms with Crippen LogP contribution < -0.4 is 5.32 Å². The van der Waals surface area contributed by atoms with Gasteiger partial charge in [-0.15, -0.1) is 5.10 Å². The summed E-state index contributed by atoms with van der Waals surface area (Å²) < 4.78 is 55.7. The fourth-order valence-corrected chi connectivity index (χ4v) is 3.56. The molecule has 4 rings (SSSR count). The quantitative estimate of drug-likeness (QED) is 0.391. The third-order valence-corrected chi connectivity index (χ3v) is 4.94. The molecule has 0 unspecified atom stereocenters. The molecule has 0 fully saturated rings. The molecule has 3 heterocycles. The first kappa shape index (κ1) is 22.6. The summed E-state index contributed by atoms with van der Waals surface area (Å²) in [4.78, 5) is 20.2. The topological polar surface area (TPSA) is 90.5 Å². The molecule has 0 saturated heterocycles. The van der Waals surface area contributed by atoms with Crippen LogP contribution in [0.15, 0.2) is 36.7 Å². The zero-order chi connectivity index (χ0) is 23.7. The molecular formula is C20H16ClF4N7O. The fraction of sp³-hybridized carbons (Fsp3) is 0.250. The number of anilines is 1. The first-order valence-corrected chi connectivity index (χ1v) is 9.97. The number of hydrogen-bond donors (Lipinski definition) is 1. The number of aromatic nitrogens is 6. The van der Waals surface area contributed by atoms with Crippen molar-refractivity contribution in [1.82, 2.24) is 29.5 Å². The number of alkyl halides is 4. The molecule has 3 aromatic heterocycles. The highest BCUT2D eigenvalue weighted by molar-refractivity contribution is 6.30. The van der Waals surface area contributed by atoms with Crippen molar-refractivity contribution in [3.63, 3.8) is 0 Å². The van der Waals surface area contributed by atoms with Gasteiger partial charge in [0.2, 0.25) is 11.9 Å². The van der Waals surface area contributed by atoms with Gasteiger partial charge in [-0.2, -0.15) is 5.10 Å². The van der Waals surface area contributed by atoms with E-state index in [9.17, 15) is 22.4 Å². The Morgan fingerprint density at radius 3 is 2.64 bits per heavy atom. The SMILES string of the molecule is Cc1nn(CC(=O)Nc2ncn(Cc3cccc(Cl)c3)n2)c2nc(C(F)F)cc(C(F)F)c12. The minimum Gasteiger partial charge on any atom is -0.292 e. The van der Waals surface area contributed by atoms with Gasteiger partial charge in [-0.25, -0.2) is 36.9 Å². The zero-order valence-electron chi connectivity index (χ0n) is 17.0. The van der Waals surface area contributed by atoms with Crippen LogP contribution in [-0.4, -0.2) is 35.4 Å². The van der Waals surface area contributed by atoms with Gasteiger partial charge < -0.3 is 0 Å². The van der Waals surface area contributed by atoms with E-state index in [1.54, 1.807) is 18.2 Å². The summed E-state index contributed by atoms with van der Waals surface area (Å²) in [6.07, 6.45) is -4.65. The molecule has 1 aromatic carbocycles. The molecule has 0 spiro atoms. The molecule has 1 N–H and O–H groups in total. The van der Waals surface area contributed by atoms with E-state index in [-0.39, 0.29) is 22.7 Å². The summed E-state index contributed by atoms with van der Waals surface area (Å²) >= 11 is 5.96. The molecule has 8 nitrogen and oxygen atoms in total. The van der Waals surface area contributed by atoms with Gasteiger partial charge in [0.25, 0.3) is 12.9 Å². The number of pyridine rings is 1. The second-order valence-electron chi connectivity index (χ2n) is 7.12. The molecule has 33 heavy (non-hydrogen) atoms. The number of carbonyl (C=O) groups excluding carboxylic acids is 1. The lowest BCUT2D eigenvalue weighted by molar-refractivity contribution is -0.116. The predicted molar refractivity (Wildman–Crippen MR) is 111 cm³/mol. The van der Waals surface area contributed by atoms with Gasteiger partial charge in [-0.3, -0.25) is 10.1 Å². The van der Waals surface area contributed by atoms with Crippen LogP contribution in [0.2, 0.25) is 5.02 Å². The van der Waals surface area contributed by atoms with E-state index in [2.05, 4.69) is 25.5 Å².